The maximum Gasteiger partial charge on any atom is -0.269 e. The topological polar surface area (TPSA) is 0 Å². The van der Waals surface area contributed by atoms with Crippen LogP contribution in [0.5, 0.6) is 0 Å². The van der Waals surface area contributed by atoms with Gasteiger partial charge in [0.1, 0.15) is 0 Å². The third-order valence-electron chi connectivity index (χ3n) is 6.67. The molecule has 2 saturated carbocycles. The zero-order chi connectivity index (χ0) is 15.1. The average molecular weight is 429 g/mol. The summed E-state index contributed by atoms with van der Waals surface area (Å²) in [7, 11) is 0. The van der Waals surface area contributed by atoms with Crippen molar-refractivity contribution in [2.24, 2.45) is 23.7 Å². The third kappa shape index (κ3) is 3.56. The average Bonchev–Trinajstić information content (AvgIpc) is 3.13. The fraction of sp³-hybridized carbons (Fsp3) is 0.600. The van der Waals surface area contributed by atoms with Crippen molar-refractivity contribution >= 4 is 5.92 Å². The van der Waals surface area contributed by atoms with E-state index in [1.54, 1.807) is 12.8 Å². The van der Waals surface area contributed by atoms with Crippen LogP contribution in [0.2, 0.25) is 20.3 Å². The smallest absolute Gasteiger partial charge is 0.269 e. The Kier molecular flexibility index (Phi) is 7.20. The SMILES string of the molecule is C[SiH](C)[Zr]([CH]1CCC2C=CC=CC21)[CH]1CCC2C=CC=CC21.F.F. The van der Waals surface area contributed by atoms with Crippen molar-refractivity contribution in [1.82, 2.24) is 0 Å². The number of rotatable bonds is 3. The Morgan fingerprint density at radius 2 is 1.08 bits per heavy atom. The quantitative estimate of drug-likeness (QED) is 0.500. The summed E-state index contributed by atoms with van der Waals surface area (Å²) in [6.45, 7) is 5.42. The van der Waals surface area contributed by atoms with Crippen LogP contribution in [0.1, 0.15) is 25.7 Å². The molecule has 0 heterocycles. The maximum absolute atomic E-state index is 2.71. The van der Waals surface area contributed by atoms with Crippen molar-refractivity contribution in [3.8, 4) is 0 Å². The molecule has 0 aromatic rings. The van der Waals surface area contributed by atoms with Crippen LogP contribution in [0.3, 0.4) is 0 Å². The number of allylic oxidation sites excluding steroid dienone is 8. The van der Waals surface area contributed by atoms with E-state index >= 15 is 0 Å². The Morgan fingerprint density at radius 3 is 1.50 bits per heavy atom. The van der Waals surface area contributed by atoms with Crippen molar-refractivity contribution in [1.29, 1.82) is 0 Å². The van der Waals surface area contributed by atoms with Gasteiger partial charge < -0.3 is 0 Å². The summed E-state index contributed by atoms with van der Waals surface area (Å²) in [6, 6.07) is 0. The summed E-state index contributed by atoms with van der Waals surface area (Å²) in [4.78, 5) is 0. The zero-order valence-electron chi connectivity index (χ0n) is 14.8. The largest absolute Gasteiger partial charge is 0.269 e. The van der Waals surface area contributed by atoms with Gasteiger partial charge in [0, 0.05) is 0 Å². The van der Waals surface area contributed by atoms with Gasteiger partial charge in [0.25, 0.3) is 0 Å². The molecule has 0 aliphatic heterocycles. The molecule has 4 aliphatic carbocycles. The molecule has 0 N–H and O–H groups in total. The van der Waals surface area contributed by atoms with Gasteiger partial charge in [-0.05, 0) is 0 Å². The van der Waals surface area contributed by atoms with E-state index in [0.29, 0.717) is 0 Å². The molecular weight excluding hydrogens is 398 g/mol. The molecule has 0 amide bonds. The predicted octanol–water partition coefficient (Wildman–Crippen LogP) is 5.77. The molecule has 24 heavy (non-hydrogen) atoms. The van der Waals surface area contributed by atoms with Gasteiger partial charge in [-0.3, -0.25) is 9.41 Å². The first-order valence-electron chi connectivity index (χ1n) is 9.32. The molecule has 0 aromatic carbocycles. The maximum atomic E-state index is 2.71. The molecule has 0 saturated heterocycles. The van der Waals surface area contributed by atoms with Crippen LogP contribution in [0.4, 0.5) is 9.41 Å². The van der Waals surface area contributed by atoms with Crippen LogP contribution in [-0.4, -0.2) is 5.92 Å². The van der Waals surface area contributed by atoms with Gasteiger partial charge in [0.2, 0.25) is 0 Å². The van der Waals surface area contributed by atoms with E-state index < -0.39 is 26.8 Å². The molecule has 0 bridgehead atoms. The van der Waals surface area contributed by atoms with Gasteiger partial charge in [-0.1, -0.05) is 0 Å². The third-order valence-corrected chi connectivity index (χ3v) is 30.4. The monoisotopic (exact) mass is 427 g/mol. The number of hydrogen-bond acceptors (Lipinski definition) is 0. The second kappa shape index (κ2) is 8.54. The number of fused-ring (bicyclic) bond motifs is 2. The molecule has 6 atom stereocenters. The summed E-state index contributed by atoms with van der Waals surface area (Å²) in [5.41, 5.74) is 0. The van der Waals surface area contributed by atoms with E-state index in [2.05, 4.69) is 61.7 Å². The molecule has 0 nitrogen and oxygen atoms in total. The van der Waals surface area contributed by atoms with Crippen LogP contribution in [0, 0.1) is 23.7 Å². The molecule has 2 fully saturated rings. The van der Waals surface area contributed by atoms with Crippen molar-refractivity contribution in [3.63, 3.8) is 0 Å². The normalized spacial score (nSPS) is 38.5. The van der Waals surface area contributed by atoms with E-state index in [-0.39, 0.29) is 9.41 Å². The number of halogens is 2. The second-order valence-electron chi connectivity index (χ2n) is 8.04. The molecule has 0 spiro atoms. The van der Waals surface area contributed by atoms with Crippen molar-refractivity contribution in [2.45, 2.75) is 46.0 Å². The molecule has 133 valence electrons. The van der Waals surface area contributed by atoms with Crippen LogP contribution in [0.25, 0.3) is 0 Å². The summed E-state index contributed by atoms with van der Waals surface area (Å²) in [6.07, 6.45) is 25.7. The number of hydrogen-bond donors (Lipinski definition) is 0. The Labute approximate surface area is 154 Å². The molecule has 4 heteroatoms. The van der Waals surface area contributed by atoms with Gasteiger partial charge in [0.05, 0.1) is 0 Å². The Morgan fingerprint density at radius 1 is 0.667 bits per heavy atom. The van der Waals surface area contributed by atoms with E-state index in [9.17, 15) is 0 Å². The first kappa shape index (κ1) is 20.2. The predicted molar refractivity (Wildman–Crippen MR) is 100 cm³/mol. The first-order chi connectivity index (χ1) is 10.8. The Bertz CT molecular complexity index is 496. The van der Waals surface area contributed by atoms with Crippen molar-refractivity contribution in [3.05, 3.63) is 48.6 Å². The minimum absolute atomic E-state index is 0. The van der Waals surface area contributed by atoms with Crippen LogP contribution in [0.15, 0.2) is 48.6 Å². The van der Waals surface area contributed by atoms with E-state index in [1.807, 2.05) is 0 Å². The second-order valence-corrected chi connectivity index (χ2v) is 28.9. The van der Waals surface area contributed by atoms with Gasteiger partial charge >= 0.3 is 145 Å². The molecule has 6 unspecified atom stereocenters. The van der Waals surface area contributed by atoms with Crippen LogP contribution < -0.4 is 0 Å². The van der Waals surface area contributed by atoms with Crippen molar-refractivity contribution in [2.75, 3.05) is 0 Å². The minimum atomic E-state index is -1.33. The summed E-state index contributed by atoms with van der Waals surface area (Å²) in [5.74, 6) is 3.24. The summed E-state index contributed by atoms with van der Waals surface area (Å²) in [5, 5.41) is 0. The molecule has 4 aliphatic rings. The zero-order valence-corrected chi connectivity index (χ0v) is 18.4. The van der Waals surface area contributed by atoms with E-state index in [4.69, 9.17) is 0 Å². The van der Waals surface area contributed by atoms with Crippen molar-refractivity contribution < 1.29 is 30.3 Å². The van der Waals surface area contributed by atoms with E-state index in [1.165, 1.54) is 20.1 Å². The first-order valence-corrected chi connectivity index (χ1v) is 19.3. The molecule has 4 rings (SSSR count). The molecular formula is C20H31F2SiZr. The fourth-order valence-electron chi connectivity index (χ4n) is 5.82. The van der Waals surface area contributed by atoms with E-state index in [0.717, 1.165) is 23.7 Å². The molecule has 0 radical (unpaired) electrons. The van der Waals surface area contributed by atoms with Gasteiger partial charge in [-0.15, -0.1) is 0 Å². The van der Waals surface area contributed by atoms with Crippen LogP contribution >= 0.6 is 0 Å². The Hall–Kier alpha value is -0.0800. The Balaban J connectivity index is 0.00000104. The van der Waals surface area contributed by atoms with Gasteiger partial charge in [0.15, 0.2) is 0 Å². The standard InChI is InChI=1S/2C9H11.C2H7Si.2FH.Zr/c2*1-2-5-9-7-3-6-8(9)4-1;1-3-2;;;/h2*1-2,4-6,8-9H,3,7H2;3H,1-2H3;2*1H;. The minimum Gasteiger partial charge on any atom is -0.269 e. The van der Waals surface area contributed by atoms with Crippen LogP contribution in [-0.2, 0) is 20.9 Å². The summed E-state index contributed by atoms with van der Waals surface area (Å²) < 4.78 is 2.34. The molecule has 0 aromatic heterocycles. The fourth-order valence-corrected chi connectivity index (χ4v) is 32.5. The van der Waals surface area contributed by atoms with Gasteiger partial charge in [-0.25, -0.2) is 0 Å². The van der Waals surface area contributed by atoms with Gasteiger partial charge in [-0.2, -0.15) is 0 Å². The summed E-state index contributed by atoms with van der Waals surface area (Å²) >= 11 is -1.33.